The van der Waals surface area contributed by atoms with Crippen LogP contribution in [0.2, 0.25) is 0 Å². The first-order valence-electron chi connectivity index (χ1n) is 8.15. The summed E-state index contributed by atoms with van der Waals surface area (Å²) in [5, 5.41) is 20.9. The Hall–Kier alpha value is -2.25. The molecule has 1 aliphatic rings. The van der Waals surface area contributed by atoms with Crippen molar-refractivity contribution in [1.29, 1.82) is 0 Å². The summed E-state index contributed by atoms with van der Waals surface area (Å²) < 4.78 is 5.57. The van der Waals surface area contributed by atoms with Gasteiger partial charge >= 0.3 is 0 Å². The van der Waals surface area contributed by atoms with Gasteiger partial charge in [0.05, 0.1) is 32.4 Å². The number of aromatic nitrogens is 3. The Labute approximate surface area is 140 Å². The average molecular weight is 330 g/mol. The molecule has 1 aromatic carbocycles. The lowest BCUT2D eigenvalue weighted by Gasteiger charge is -2.38. The Bertz CT molecular complexity index is 647. The largest absolute Gasteiger partial charge is 0.382 e. The number of H-pyrrole nitrogens is 1. The first-order chi connectivity index (χ1) is 11.7. The van der Waals surface area contributed by atoms with Crippen molar-refractivity contribution in [3.8, 4) is 0 Å². The summed E-state index contributed by atoms with van der Waals surface area (Å²) >= 11 is 0. The van der Waals surface area contributed by atoms with Gasteiger partial charge in [0.15, 0.2) is 0 Å². The quantitative estimate of drug-likeness (QED) is 0.777. The standard InChI is InChI=1S/C17H22N4O3/c22-16(7-10-24-12-14-5-2-1-3-6-14)21-9-4-8-17(23,13-21)15-11-18-20-19-15/h1-3,5-6,11,23H,4,7-10,12-13H2,(H,18,19,20)/t17-/m0/s1. The maximum atomic E-state index is 12.4. The zero-order valence-corrected chi connectivity index (χ0v) is 13.5. The minimum atomic E-state index is -1.12. The highest BCUT2D eigenvalue weighted by Crippen LogP contribution is 2.29. The molecule has 0 unspecified atom stereocenters. The van der Waals surface area contributed by atoms with Crippen molar-refractivity contribution in [2.24, 2.45) is 0 Å². The van der Waals surface area contributed by atoms with Crippen LogP contribution in [0, 0.1) is 0 Å². The van der Waals surface area contributed by atoms with Gasteiger partial charge in [-0.25, -0.2) is 0 Å². The van der Waals surface area contributed by atoms with Crippen LogP contribution in [0.5, 0.6) is 0 Å². The number of aromatic amines is 1. The van der Waals surface area contributed by atoms with Crippen LogP contribution in [-0.4, -0.2) is 51.0 Å². The van der Waals surface area contributed by atoms with Crippen LogP contribution in [-0.2, 0) is 21.7 Å². The molecule has 0 aliphatic carbocycles. The fourth-order valence-electron chi connectivity index (χ4n) is 2.97. The topological polar surface area (TPSA) is 91.3 Å². The Morgan fingerprint density at radius 3 is 2.96 bits per heavy atom. The van der Waals surface area contributed by atoms with Gasteiger partial charge in [0, 0.05) is 6.54 Å². The van der Waals surface area contributed by atoms with Crippen LogP contribution < -0.4 is 0 Å². The predicted octanol–water partition coefficient (Wildman–Crippen LogP) is 1.22. The van der Waals surface area contributed by atoms with E-state index in [4.69, 9.17) is 4.74 Å². The first kappa shape index (κ1) is 16.6. The number of carbonyl (C=O) groups is 1. The fraction of sp³-hybridized carbons (Fsp3) is 0.471. The highest BCUT2D eigenvalue weighted by Gasteiger charge is 2.38. The maximum absolute atomic E-state index is 12.4. The maximum Gasteiger partial charge on any atom is 0.225 e. The van der Waals surface area contributed by atoms with Gasteiger partial charge in [0.1, 0.15) is 11.3 Å². The molecular weight excluding hydrogens is 308 g/mol. The molecule has 0 saturated carbocycles. The van der Waals surface area contributed by atoms with E-state index in [1.165, 1.54) is 6.20 Å². The van der Waals surface area contributed by atoms with Gasteiger partial charge < -0.3 is 14.7 Å². The Morgan fingerprint density at radius 2 is 2.21 bits per heavy atom. The average Bonchev–Trinajstić information content (AvgIpc) is 3.15. The van der Waals surface area contributed by atoms with Gasteiger partial charge in [-0.3, -0.25) is 4.79 Å². The van der Waals surface area contributed by atoms with Crippen LogP contribution in [0.3, 0.4) is 0 Å². The SMILES string of the molecule is O=C(CCOCc1ccccc1)N1CCC[C@@](O)(c2cn[nH]n2)C1. The summed E-state index contributed by atoms with van der Waals surface area (Å²) in [6.07, 6.45) is 3.13. The van der Waals surface area contributed by atoms with Crippen LogP contribution in [0.1, 0.15) is 30.5 Å². The summed E-state index contributed by atoms with van der Waals surface area (Å²) in [7, 11) is 0. The number of ether oxygens (including phenoxy) is 1. The van der Waals surface area contributed by atoms with Gasteiger partial charge in [-0.1, -0.05) is 30.3 Å². The molecule has 1 saturated heterocycles. The van der Waals surface area contributed by atoms with Gasteiger partial charge in [0.25, 0.3) is 0 Å². The van der Waals surface area contributed by atoms with E-state index in [0.29, 0.717) is 38.3 Å². The van der Waals surface area contributed by atoms with E-state index >= 15 is 0 Å². The van der Waals surface area contributed by atoms with Crippen molar-refractivity contribution in [2.75, 3.05) is 19.7 Å². The molecule has 1 aliphatic heterocycles. The number of aliphatic hydroxyl groups is 1. The number of β-amino-alcohol motifs (C(OH)–C–C–N with tert-alkyl or cyclic N) is 1. The molecule has 2 aromatic rings. The summed E-state index contributed by atoms with van der Waals surface area (Å²) in [5.74, 6) is -0.00955. The molecule has 0 radical (unpaired) electrons. The van der Waals surface area contributed by atoms with E-state index in [-0.39, 0.29) is 12.5 Å². The van der Waals surface area contributed by atoms with Gasteiger partial charge in [0.2, 0.25) is 5.91 Å². The van der Waals surface area contributed by atoms with Gasteiger partial charge in [-0.05, 0) is 18.4 Å². The lowest BCUT2D eigenvalue weighted by Crippen LogP contribution is -2.48. The number of benzene rings is 1. The molecule has 24 heavy (non-hydrogen) atoms. The van der Waals surface area contributed by atoms with Crippen molar-refractivity contribution in [3.05, 3.63) is 47.8 Å². The van der Waals surface area contributed by atoms with E-state index in [9.17, 15) is 9.90 Å². The summed E-state index contributed by atoms with van der Waals surface area (Å²) in [5.41, 5.74) is 0.454. The number of hydrogen-bond acceptors (Lipinski definition) is 5. The summed E-state index contributed by atoms with van der Waals surface area (Å²) in [4.78, 5) is 14.0. The normalized spacial score (nSPS) is 21.0. The van der Waals surface area contributed by atoms with E-state index in [1.54, 1.807) is 4.90 Å². The van der Waals surface area contributed by atoms with Crippen LogP contribution in [0.25, 0.3) is 0 Å². The first-order valence-corrected chi connectivity index (χ1v) is 8.15. The number of amides is 1. The van der Waals surface area contributed by atoms with Gasteiger partial charge in [-0.2, -0.15) is 15.4 Å². The van der Waals surface area contributed by atoms with Crippen molar-refractivity contribution in [3.63, 3.8) is 0 Å². The molecular formula is C17H22N4O3. The minimum absolute atomic E-state index is 0.00955. The lowest BCUT2D eigenvalue weighted by molar-refractivity contribution is -0.140. The number of rotatable bonds is 6. The summed E-state index contributed by atoms with van der Waals surface area (Å²) in [6.45, 7) is 1.76. The number of piperidine rings is 1. The number of likely N-dealkylation sites (tertiary alicyclic amines) is 1. The molecule has 0 bridgehead atoms. The molecule has 0 spiro atoms. The van der Waals surface area contributed by atoms with Crippen molar-refractivity contribution < 1.29 is 14.6 Å². The third-order valence-corrected chi connectivity index (χ3v) is 4.29. The number of hydrogen-bond donors (Lipinski definition) is 2. The molecule has 7 nitrogen and oxygen atoms in total. The van der Waals surface area contributed by atoms with E-state index in [1.807, 2.05) is 30.3 Å². The number of nitrogens with zero attached hydrogens (tertiary/aromatic N) is 3. The van der Waals surface area contributed by atoms with E-state index < -0.39 is 5.60 Å². The van der Waals surface area contributed by atoms with Crippen LogP contribution >= 0.6 is 0 Å². The van der Waals surface area contributed by atoms with Crippen molar-refractivity contribution >= 4 is 5.91 Å². The predicted molar refractivity (Wildman–Crippen MR) is 86.8 cm³/mol. The molecule has 128 valence electrons. The highest BCUT2D eigenvalue weighted by molar-refractivity contribution is 5.76. The molecule has 2 heterocycles. The van der Waals surface area contributed by atoms with Crippen LogP contribution in [0.4, 0.5) is 0 Å². The smallest absolute Gasteiger partial charge is 0.225 e. The Kier molecular flexibility index (Phi) is 5.22. The molecule has 1 aromatic heterocycles. The highest BCUT2D eigenvalue weighted by atomic mass is 16.5. The monoisotopic (exact) mass is 330 g/mol. The molecule has 7 heteroatoms. The minimum Gasteiger partial charge on any atom is -0.382 e. The second kappa shape index (κ2) is 7.55. The van der Waals surface area contributed by atoms with Crippen molar-refractivity contribution in [1.82, 2.24) is 20.3 Å². The third-order valence-electron chi connectivity index (χ3n) is 4.29. The number of nitrogens with one attached hydrogen (secondary N) is 1. The molecule has 2 N–H and O–H groups in total. The van der Waals surface area contributed by atoms with E-state index in [2.05, 4.69) is 15.4 Å². The molecule has 1 amide bonds. The van der Waals surface area contributed by atoms with Crippen molar-refractivity contribution in [2.45, 2.75) is 31.5 Å². The van der Waals surface area contributed by atoms with Crippen LogP contribution in [0.15, 0.2) is 36.5 Å². The second-order valence-electron chi connectivity index (χ2n) is 6.09. The molecule has 3 rings (SSSR count). The number of carbonyl (C=O) groups excluding carboxylic acids is 1. The fourth-order valence-corrected chi connectivity index (χ4v) is 2.97. The molecule has 1 fully saturated rings. The zero-order valence-electron chi connectivity index (χ0n) is 13.5. The Morgan fingerprint density at radius 1 is 1.38 bits per heavy atom. The Balaban J connectivity index is 1.46. The van der Waals surface area contributed by atoms with E-state index in [0.717, 1.165) is 12.0 Å². The lowest BCUT2D eigenvalue weighted by atomic mass is 9.90. The molecule has 1 atom stereocenters. The van der Waals surface area contributed by atoms with Gasteiger partial charge in [-0.15, -0.1) is 0 Å². The third kappa shape index (κ3) is 3.98. The summed E-state index contributed by atoms with van der Waals surface area (Å²) in [6, 6.07) is 9.86. The zero-order chi connectivity index (χ0) is 16.8. The second-order valence-corrected chi connectivity index (χ2v) is 6.09.